The summed E-state index contributed by atoms with van der Waals surface area (Å²) in [7, 11) is 0. The molecule has 84 valence electrons. The Hall–Kier alpha value is -1.13. The number of hydrogen-bond acceptors (Lipinski definition) is 4. The summed E-state index contributed by atoms with van der Waals surface area (Å²) in [6.07, 6.45) is -0.852. The fourth-order valence-electron chi connectivity index (χ4n) is 1.07. The topological polar surface area (TPSA) is 62.6 Å². The van der Waals surface area contributed by atoms with E-state index in [0.717, 1.165) is 5.69 Å². The summed E-state index contributed by atoms with van der Waals surface area (Å²) in [6.45, 7) is 3.86. The molecule has 0 spiro atoms. The molecule has 4 nitrogen and oxygen atoms in total. The zero-order valence-corrected chi connectivity index (χ0v) is 9.05. The van der Waals surface area contributed by atoms with Crippen molar-refractivity contribution in [1.29, 1.82) is 0 Å². The third kappa shape index (κ3) is 3.85. The van der Waals surface area contributed by atoms with Crippen LogP contribution in [0.1, 0.15) is 25.5 Å². The third-order valence-corrected chi connectivity index (χ3v) is 1.97. The van der Waals surface area contributed by atoms with E-state index >= 15 is 0 Å². The van der Waals surface area contributed by atoms with Crippen LogP contribution in [-0.2, 0) is 0 Å². The van der Waals surface area contributed by atoms with Gasteiger partial charge in [-0.1, -0.05) is 19.9 Å². The van der Waals surface area contributed by atoms with Gasteiger partial charge in [0.1, 0.15) is 12.7 Å². The fourth-order valence-corrected chi connectivity index (χ4v) is 1.07. The van der Waals surface area contributed by atoms with Crippen molar-refractivity contribution in [3.8, 4) is 5.88 Å². The molecule has 15 heavy (non-hydrogen) atoms. The van der Waals surface area contributed by atoms with Crippen LogP contribution in [0.4, 0.5) is 0 Å². The molecule has 1 aromatic rings. The Labute approximate surface area is 89.5 Å². The maximum Gasteiger partial charge on any atom is 0.213 e. The predicted molar refractivity (Wildman–Crippen MR) is 56.9 cm³/mol. The van der Waals surface area contributed by atoms with Crippen molar-refractivity contribution in [3.63, 3.8) is 0 Å². The van der Waals surface area contributed by atoms with E-state index in [1.54, 1.807) is 6.07 Å². The lowest BCUT2D eigenvalue weighted by Gasteiger charge is -2.10. The fraction of sp³-hybridized carbons (Fsp3) is 0.545. The highest BCUT2D eigenvalue weighted by Gasteiger charge is 2.05. The van der Waals surface area contributed by atoms with Crippen molar-refractivity contribution in [3.05, 3.63) is 23.9 Å². The van der Waals surface area contributed by atoms with Gasteiger partial charge in [0.15, 0.2) is 0 Å². The van der Waals surface area contributed by atoms with Crippen LogP contribution in [0.5, 0.6) is 5.88 Å². The van der Waals surface area contributed by atoms with Gasteiger partial charge in [-0.3, -0.25) is 0 Å². The average Bonchev–Trinajstić information content (AvgIpc) is 2.26. The summed E-state index contributed by atoms with van der Waals surface area (Å²) in [5.74, 6) is 0.824. The molecule has 1 rings (SSSR count). The first-order valence-electron chi connectivity index (χ1n) is 5.02. The Bertz CT molecular complexity index is 302. The maximum absolute atomic E-state index is 9.09. The molecule has 0 aliphatic heterocycles. The molecule has 0 fully saturated rings. The van der Waals surface area contributed by atoms with Crippen molar-refractivity contribution in [2.75, 3.05) is 13.2 Å². The van der Waals surface area contributed by atoms with Gasteiger partial charge in [0.05, 0.1) is 6.61 Å². The van der Waals surface area contributed by atoms with E-state index in [4.69, 9.17) is 14.9 Å². The summed E-state index contributed by atoms with van der Waals surface area (Å²) in [6, 6.07) is 5.53. The van der Waals surface area contributed by atoms with Gasteiger partial charge in [-0.15, -0.1) is 0 Å². The van der Waals surface area contributed by atoms with E-state index in [-0.39, 0.29) is 13.2 Å². The Kier molecular flexibility index (Phi) is 4.52. The van der Waals surface area contributed by atoms with Gasteiger partial charge in [-0.25, -0.2) is 4.98 Å². The number of aliphatic hydroxyl groups excluding tert-OH is 2. The van der Waals surface area contributed by atoms with E-state index in [0.29, 0.717) is 11.8 Å². The van der Waals surface area contributed by atoms with Crippen LogP contribution in [0.2, 0.25) is 0 Å². The minimum atomic E-state index is -0.852. The van der Waals surface area contributed by atoms with E-state index in [2.05, 4.69) is 18.8 Å². The maximum atomic E-state index is 9.09. The van der Waals surface area contributed by atoms with Gasteiger partial charge < -0.3 is 14.9 Å². The summed E-state index contributed by atoms with van der Waals surface area (Å²) < 4.78 is 5.23. The molecule has 1 atom stereocenters. The van der Waals surface area contributed by atoms with Crippen molar-refractivity contribution in [2.45, 2.75) is 25.9 Å². The second-order valence-electron chi connectivity index (χ2n) is 3.70. The molecular weight excluding hydrogens is 194 g/mol. The number of aromatic nitrogens is 1. The van der Waals surface area contributed by atoms with Crippen LogP contribution in [0.3, 0.4) is 0 Å². The second kappa shape index (κ2) is 5.68. The number of pyridine rings is 1. The molecule has 0 aromatic carbocycles. The van der Waals surface area contributed by atoms with Crippen LogP contribution in [0, 0.1) is 0 Å². The second-order valence-corrected chi connectivity index (χ2v) is 3.70. The van der Waals surface area contributed by atoms with Crippen LogP contribution < -0.4 is 4.74 Å². The van der Waals surface area contributed by atoms with Crippen molar-refractivity contribution in [1.82, 2.24) is 4.98 Å². The molecule has 0 saturated carbocycles. The Balaban J connectivity index is 2.58. The first-order chi connectivity index (χ1) is 7.13. The van der Waals surface area contributed by atoms with E-state index in [1.807, 2.05) is 12.1 Å². The normalized spacial score (nSPS) is 12.9. The summed E-state index contributed by atoms with van der Waals surface area (Å²) in [5, 5.41) is 17.7. The van der Waals surface area contributed by atoms with E-state index < -0.39 is 6.10 Å². The van der Waals surface area contributed by atoms with Crippen LogP contribution >= 0.6 is 0 Å². The number of hydrogen-bond donors (Lipinski definition) is 2. The molecule has 0 amide bonds. The molecule has 0 aliphatic carbocycles. The number of aliphatic hydroxyl groups is 2. The molecule has 1 heterocycles. The monoisotopic (exact) mass is 211 g/mol. The van der Waals surface area contributed by atoms with Crippen molar-refractivity contribution >= 4 is 0 Å². The highest BCUT2D eigenvalue weighted by Crippen LogP contribution is 2.15. The van der Waals surface area contributed by atoms with Crippen LogP contribution in [0.25, 0.3) is 0 Å². The highest BCUT2D eigenvalue weighted by molar-refractivity contribution is 5.17. The smallest absolute Gasteiger partial charge is 0.213 e. The van der Waals surface area contributed by atoms with Gasteiger partial charge in [0.25, 0.3) is 0 Å². The standard InChI is InChI=1S/C11H17NO3/c1-8(2)10-4-3-5-11(12-10)15-7-9(14)6-13/h3-5,8-9,13-14H,6-7H2,1-2H3. The molecule has 0 bridgehead atoms. The molecule has 1 unspecified atom stereocenters. The van der Waals surface area contributed by atoms with Gasteiger partial charge in [-0.05, 0) is 12.0 Å². The summed E-state index contributed by atoms with van der Waals surface area (Å²) >= 11 is 0. The lowest BCUT2D eigenvalue weighted by atomic mass is 10.1. The number of rotatable bonds is 5. The minimum Gasteiger partial charge on any atom is -0.475 e. The Morgan fingerprint density at radius 3 is 2.73 bits per heavy atom. The molecule has 0 saturated heterocycles. The Morgan fingerprint density at radius 2 is 2.13 bits per heavy atom. The highest BCUT2D eigenvalue weighted by atomic mass is 16.5. The zero-order chi connectivity index (χ0) is 11.3. The SMILES string of the molecule is CC(C)c1cccc(OCC(O)CO)n1. The van der Waals surface area contributed by atoms with E-state index in [1.165, 1.54) is 0 Å². The molecule has 0 radical (unpaired) electrons. The largest absolute Gasteiger partial charge is 0.475 e. The van der Waals surface area contributed by atoms with Gasteiger partial charge in [0.2, 0.25) is 5.88 Å². The van der Waals surface area contributed by atoms with E-state index in [9.17, 15) is 0 Å². The summed E-state index contributed by atoms with van der Waals surface area (Å²) in [4.78, 5) is 4.26. The van der Waals surface area contributed by atoms with Crippen LogP contribution in [-0.4, -0.2) is 34.5 Å². The number of ether oxygens (including phenoxy) is 1. The van der Waals surface area contributed by atoms with Gasteiger partial charge >= 0.3 is 0 Å². The summed E-state index contributed by atoms with van der Waals surface area (Å²) in [5.41, 5.74) is 0.950. The lowest BCUT2D eigenvalue weighted by molar-refractivity contribution is 0.0520. The minimum absolute atomic E-state index is 0.0606. The number of nitrogens with zero attached hydrogens (tertiary/aromatic N) is 1. The third-order valence-electron chi connectivity index (χ3n) is 1.97. The molecule has 2 N–H and O–H groups in total. The molecule has 1 aromatic heterocycles. The van der Waals surface area contributed by atoms with Crippen molar-refractivity contribution in [2.24, 2.45) is 0 Å². The first-order valence-corrected chi connectivity index (χ1v) is 5.02. The average molecular weight is 211 g/mol. The first kappa shape index (κ1) is 11.9. The molecule has 0 aliphatic rings. The lowest BCUT2D eigenvalue weighted by Crippen LogP contribution is -2.21. The van der Waals surface area contributed by atoms with Gasteiger partial charge in [-0.2, -0.15) is 0 Å². The predicted octanol–water partition coefficient (Wildman–Crippen LogP) is 0.937. The molecular formula is C11H17NO3. The van der Waals surface area contributed by atoms with Gasteiger partial charge in [0, 0.05) is 11.8 Å². The quantitative estimate of drug-likeness (QED) is 0.760. The molecule has 4 heteroatoms. The van der Waals surface area contributed by atoms with Crippen molar-refractivity contribution < 1.29 is 14.9 Å². The Morgan fingerprint density at radius 1 is 1.40 bits per heavy atom. The zero-order valence-electron chi connectivity index (χ0n) is 9.05. The van der Waals surface area contributed by atoms with Crippen LogP contribution in [0.15, 0.2) is 18.2 Å².